The summed E-state index contributed by atoms with van der Waals surface area (Å²) < 4.78 is 0. The van der Waals surface area contributed by atoms with Crippen molar-refractivity contribution in [2.75, 3.05) is 6.54 Å². The quantitative estimate of drug-likeness (QED) is 0.896. The fourth-order valence-electron chi connectivity index (χ4n) is 2.67. The Hall–Kier alpha value is -1.36. The molecule has 1 aliphatic heterocycles. The molecular weight excluding hydrogens is 248 g/mol. The van der Waals surface area contributed by atoms with E-state index in [2.05, 4.69) is 5.32 Å². The normalized spacial score (nSPS) is 28.4. The number of nitrogens with one attached hydrogen (secondary N) is 1. The zero-order valence-corrected chi connectivity index (χ0v) is 11.1. The first kappa shape index (κ1) is 11.7. The van der Waals surface area contributed by atoms with Crippen LogP contribution in [0.5, 0.6) is 0 Å². The van der Waals surface area contributed by atoms with E-state index in [1.54, 1.807) is 16.2 Å². The number of carbonyl (C=O) groups excluding carboxylic acids is 2. The zero-order chi connectivity index (χ0) is 12.8. The highest BCUT2D eigenvalue weighted by Gasteiger charge is 2.54. The molecule has 96 valence electrons. The highest BCUT2D eigenvalue weighted by molar-refractivity contribution is 7.09. The zero-order valence-electron chi connectivity index (χ0n) is 10.3. The Balaban J connectivity index is 1.91. The fourth-order valence-corrected chi connectivity index (χ4v) is 3.37. The molecule has 1 unspecified atom stereocenters. The summed E-state index contributed by atoms with van der Waals surface area (Å²) in [5.41, 5.74) is -0.653. The van der Waals surface area contributed by atoms with E-state index in [1.165, 1.54) is 0 Å². The van der Waals surface area contributed by atoms with Gasteiger partial charge >= 0.3 is 0 Å². The van der Waals surface area contributed by atoms with Crippen molar-refractivity contribution >= 4 is 23.2 Å². The summed E-state index contributed by atoms with van der Waals surface area (Å²) in [5, 5.41) is 4.72. The van der Waals surface area contributed by atoms with E-state index in [1.807, 2.05) is 24.4 Å². The number of hydrogen-bond acceptors (Lipinski definition) is 3. The number of carbonyl (C=O) groups is 2. The third-order valence-corrected chi connectivity index (χ3v) is 4.85. The predicted molar refractivity (Wildman–Crippen MR) is 69.0 cm³/mol. The van der Waals surface area contributed by atoms with Crippen molar-refractivity contribution in [1.82, 2.24) is 10.2 Å². The summed E-state index contributed by atoms with van der Waals surface area (Å²) in [4.78, 5) is 27.2. The molecule has 1 aromatic rings. The summed E-state index contributed by atoms with van der Waals surface area (Å²) >= 11 is 1.63. The number of thiophene rings is 1. The van der Waals surface area contributed by atoms with Crippen LogP contribution in [-0.4, -0.2) is 28.8 Å². The van der Waals surface area contributed by atoms with Crippen LogP contribution in [-0.2, 0) is 16.1 Å². The van der Waals surface area contributed by atoms with Crippen molar-refractivity contribution in [1.29, 1.82) is 0 Å². The van der Waals surface area contributed by atoms with Gasteiger partial charge in [-0.25, -0.2) is 0 Å². The fraction of sp³-hybridized carbons (Fsp3) is 0.538. The van der Waals surface area contributed by atoms with Gasteiger partial charge < -0.3 is 10.2 Å². The van der Waals surface area contributed by atoms with Crippen LogP contribution in [0.1, 0.15) is 24.6 Å². The van der Waals surface area contributed by atoms with Crippen molar-refractivity contribution in [2.24, 2.45) is 5.92 Å². The summed E-state index contributed by atoms with van der Waals surface area (Å²) in [6, 6.07) is 3.99. The van der Waals surface area contributed by atoms with Crippen LogP contribution >= 0.6 is 11.3 Å². The minimum atomic E-state index is -0.653. The third kappa shape index (κ3) is 1.73. The van der Waals surface area contributed by atoms with Gasteiger partial charge in [0.05, 0.1) is 13.1 Å². The molecule has 2 amide bonds. The minimum absolute atomic E-state index is 0.00107. The van der Waals surface area contributed by atoms with E-state index in [9.17, 15) is 9.59 Å². The summed E-state index contributed by atoms with van der Waals surface area (Å²) in [6.45, 7) is 2.59. The summed E-state index contributed by atoms with van der Waals surface area (Å²) in [7, 11) is 0. The molecule has 0 aromatic carbocycles. The molecule has 0 spiro atoms. The average Bonchev–Trinajstić information content (AvgIpc) is 3.09. The Labute approximate surface area is 110 Å². The first-order valence-corrected chi connectivity index (χ1v) is 7.11. The monoisotopic (exact) mass is 264 g/mol. The molecular formula is C13H16N2O2S. The number of piperazine rings is 1. The van der Waals surface area contributed by atoms with Crippen LogP contribution in [0.4, 0.5) is 0 Å². The van der Waals surface area contributed by atoms with Crippen LogP contribution in [0.2, 0.25) is 0 Å². The molecule has 1 saturated carbocycles. The lowest BCUT2D eigenvalue weighted by Gasteiger charge is -2.43. The molecule has 1 atom stereocenters. The van der Waals surface area contributed by atoms with Gasteiger partial charge in [-0.2, -0.15) is 0 Å². The SMILES string of the molecule is CC1(C2CC2)C(=O)NCC(=O)N1Cc1cccs1. The minimum Gasteiger partial charge on any atom is -0.345 e. The van der Waals surface area contributed by atoms with Gasteiger partial charge in [0.15, 0.2) is 0 Å². The largest absolute Gasteiger partial charge is 0.345 e. The Bertz CT molecular complexity index is 481. The lowest BCUT2D eigenvalue weighted by molar-refractivity contribution is -0.155. The molecule has 3 rings (SSSR count). The van der Waals surface area contributed by atoms with Gasteiger partial charge in [-0.1, -0.05) is 6.07 Å². The van der Waals surface area contributed by atoms with Crippen LogP contribution in [0.25, 0.3) is 0 Å². The number of hydrogen-bond donors (Lipinski definition) is 1. The molecule has 0 radical (unpaired) electrons. The van der Waals surface area contributed by atoms with Crippen molar-refractivity contribution in [3.05, 3.63) is 22.4 Å². The van der Waals surface area contributed by atoms with Crippen molar-refractivity contribution in [3.63, 3.8) is 0 Å². The standard InChI is InChI=1S/C13H16N2O2S/c1-13(9-4-5-9)12(17)14-7-11(16)15(13)8-10-3-2-6-18-10/h2-3,6,9H,4-5,7-8H2,1H3,(H,14,17). The van der Waals surface area contributed by atoms with Gasteiger partial charge in [0.1, 0.15) is 5.54 Å². The third-order valence-electron chi connectivity index (χ3n) is 3.99. The number of amides is 2. The number of rotatable bonds is 3. The maximum atomic E-state index is 12.2. The molecule has 4 nitrogen and oxygen atoms in total. The van der Waals surface area contributed by atoms with Gasteiger partial charge in [-0.05, 0) is 37.1 Å². The molecule has 1 aromatic heterocycles. The van der Waals surface area contributed by atoms with Gasteiger partial charge in [-0.15, -0.1) is 11.3 Å². The smallest absolute Gasteiger partial charge is 0.246 e. The van der Waals surface area contributed by atoms with Gasteiger partial charge in [0.2, 0.25) is 11.8 Å². The van der Waals surface area contributed by atoms with Crippen LogP contribution in [0, 0.1) is 5.92 Å². The Kier molecular flexibility index (Phi) is 2.66. The van der Waals surface area contributed by atoms with E-state index in [0.717, 1.165) is 17.7 Å². The van der Waals surface area contributed by atoms with E-state index in [4.69, 9.17) is 0 Å². The van der Waals surface area contributed by atoms with E-state index >= 15 is 0 Å². The van der Waals surface area contributed by atoms with Crippen molar-refractivity contribution in [3.8, 4) is 0 Å². The second kappa shape index (κ2) is 4.09. The topological polar surface area (TPSA) is 49.4 Å². The molecule has 2 aliphatic rings. The van der Waals surface area contributed by atoms with Gasteiger partial charge in [0, 0.05) is 4.88 Å². The second-order valence-electron chi connectivity index (χ2n) is 5.16. The van der Waals surface area contributed by atoms with E-state index < -0.39 is 5.54 Å². The molecule has 18 heavy (non-hydrogen) atoms. The Morgan fingerprint density at radius 3 is 2.89 bits per heavy atom. The first-order valence-electron chi connectivity index (χ1n) is 6.23. The van der Waals surface area contributed by atoms with E-state index in [-0.39, 0.29) is 18.4 Å². The molecule has 1 saturated heterocycles. The highest BCUT2D eigenvalue weighted by Crippen LogP contribution is 2.44. The van der Waals surface area contributed by atoms with Gasteiger partial charge in [0.25, 0.3) is 0 Å². The molecule has 2 heterocycles. The van der Waals surface area contributed by atoms with E-state index in [0.29, 0.717) is 12.5 Å². The lowest BCUT2D eigenvalue weighted by atomic mass is 9.90. The van der Waals surface area contributed by atoms with Crippen molar-refractivity contribution in [2.45, 2.75) is 31.8 Å². The maximum Gasteiger partial charge on any atom is 0.246 e. The van der Waals surface area contributed by atoms with Crippen LogP contribution in [0.15, 0.2) is 17.5 Å². The predicted octanol–water partition coefficient (Wildman–Crippen LogP) is 1.38. The summed E-state index contributed by atoms with van der Waals surface area (Å²) in [5.74, 6) is 0.347. The molecule has 1 N–H and O–H groups in total. The molecule has 5 heteroatoms. The second-order valence-corrected chi connectivity index (χ2v) is 6.20. The Morgan fingerprint density at radius 1 is 1.50 bits per heavy atom. The molecule has 0 bridgehead atoms. The lowest BCUT2D eigenvalue weighted by Crippen LogP contribution is -2.66. The van der Waals surface area contributed by atoms with Crippen LogP contribution in [0.3, 0.4) is 0 Å². The Morgan fingerprint density at radius 2 is 2.28 bits per heavy atom. The number of nitrogens with zero attached hydrogens (tertiary/aromatic N) is 1. The van der Waals surface area contributed by atoms with Crippen LogP contribution < -0.4 is 5.32 Å². The summed E-state index contributed by atoms with van der Waals surface area (Å²) in [6.07, 6.45) is 2.08. The first-order chi connectivity index (χ1) is 8.62. The van der Waals surface area contributed by atoms with Gasteiger partial charge in [-0.3, -0.25) is 9.59 Å². The average molecular weight is 264 g/mol. The molecule has 2 fully saturated rings. The highest BCUT2D eigenvalue weighted by atomic mass is 32.1. The molecule has 1 aliphatic carbocycles. The van der Waals surface area contributed by atoms with Crippen molar-refractivity contribution < 1.29 is 9.59 Å². The maximum absolute atomic E-state index is 12.2.